The molecule has 0 saturated carbocycles. The van der Waals surface area contributed by atoms with Crippen molar-refractivity contribution in [2.45, 2.75) is 70.1 Å². The zero-order valence-electron chi connectivity index (χ0n) is 23.8. The van der Waals surface area contributed by atoms with Gasteiger partial charge in [-0.05, 0) is 43.5 Å². The van der Waals surface area contributed by atoms with Crippen LogP contribution in [0.4, 0.5) is 5.69 Å². The number of hydrogen-bond donors (Lipinski definition) is 7. The van der Waals surface area contributed by atoms with Crippen LogP contribution in [-0.2, 0) is 30.4 Å². The summed E-state index contributed by atoms with van der Waals surface area (Å²) in [6.07, 6.45) is 3.19. The predicted molar refractivity (Wildman–Crippen MR) is 160 cm³/mol. The molecular weight excluding hydrogens is 538 g/mol. The van der Waals surface area contributed by atoms with Gasteiger partial charge in [-0.2, -0.15) is 0 Å². The summed E-state index contributed by atoms with van der Waals surface area (Å²) in [5, 5.41) is 11.4. The number of carbonyl (C=O) groups excluding carboxylic acids is 5. The second-order valence-electron chi connectivity index (χ2n) is 10.2. The first-order valence-corrected chi connectivity index (χ1v) is 13.9. The molecular formula is C30H39N7O5. The first-order chi connectivity index (χ1) is 20.1. The maximum absolute atomic E-state index is 13.3. The van der Waals surface area contributed by atoms with Gasteiger partial charge in [0, 0.05) is 22.8 Å². The Morgan fingerprint density at radius 1 is 0.833 bits per heavy atom. The van der Waals surface area contributed by atoms with Crippen LogP contribution in [-0.4, -0.2) is 58.7 Å². The Labute approximate surface area is 244 Å². The van der Waals surface area contributed by atoms with Crippen LogP contribution in [0.25, 0.3) is 10.9 Å². The van der Waals surface area contributed by atoms with Crippen molar-refractivity contribution < 1.29 is 24.0 Å². The van der Waals surface area contributed by atoms with E-state index < -0.39 is 60.1 Å². The van der Waals surface area contributed by atoms with E-state index in [1.165, 1.54) is 6.92 Å². The molecule has 4 atom stereocenters. The molecule has 1 heterocycles. The van der Waals surface area contributed by atoms with Crippen molar-refractivity contribution in [2.24, 2.45) is 11.5 Å². The average Bonchev–Trinajstić information content (AvgIpc) is 3.37. The van der Waals surface area contributed by atoms with E-state index in [4.69, 9.17) is 11.5 Å². The Hall–Kier alpha value is -4.71. The van der Waals surface area contributed by atoms with Crippen LogP contribution < -0.4 is 32.7 Å². The van der Waals surface area contributed by atoms with E-state index in [1.807, 2.05) is 31.2 Å². The fourth-order valence-corrected chi connectivity index (χ4v) is 4.42. The van der Waals surface area contributed by atoms with E-state index in [1.54, 1.807) is 36.5 Å². The van der Waals surface area contributed by atoms with Crippen molar-refractivity contribution >= 4 is 46.1 Å². The van der Waals surface area contributed by atoms with E-state index in [2.05, 4.69) is 26.3 Å². The second kappa shape index (κ2) is 15.3. The third-order valence-electron chi connectivity index (χ3n) is 6.76. The van der Waals surface area contributed by atoms with E-state index in [0.29, 0.717) is 12.1 Å². The molecule has 12 nitrogen and oxygen atoms in total. The van der Waals surface area contributed by atoms with E-state index in [-0.39, 0.29) is 12.8 Å². The monoisotopic (exact) mass is 577 g/mol. The molecule has 0 aliphatic carbocycles. The summed E-state index contributed by atoms with van der Waals surface area (Å²) in [6.45, 7) is 3.41. The third-order valence-corrected chi connectivity index (χ3v) is 6.76. The number of para-hydroxylation sites is 2. The van der Waals surface area contributed by atoms with Crippen molar-refractivity contribution in [2.75, 3.05) is 5.32 Å². The number of aromatic amines is 1. The van der Waals surface area contributed by atoms with Crippen LogP contribution in [0, 0.1) is 0 Å². The number of nitrogens with two attached hydrogens (primary N) is 2. The number of H-pyrrole nitrogens is 1. The lowest BCUT2D eigenvalue weighted by Crippen LogP contribution is -2.57. The zero-order chi connectivity index (χ0) is 30.6. The number of anilines is 1. The summed E-state index contributed by atoms with van der Waals surface area (Å²) in [7, 11) is 0. The molecule has 0 saturated heterocycles. The molecule has 224 valence electrons. The molecule has 0 aliphatic rings. The van der Waals surface area contributed by atoms with Gasteiger partial charge >= 0.3 is 0 Å². The lowest BCUT2D eigenvalue weighted by molar-refractivity contribution is -0.134. The average molecular weight is 578 g/mol. The number of carbonyl (C=O) groups is 5. The molecule has 5 amide bonds. The highest BCUT2D eigenvalue weighted by Gasteiger charge is 2.30. The summed E-state index contributed by atoms with van der Waals surface area (Å²) in [5.74, 6) is -3.28. The van der Waals surface area contributed by atoms with E-state index in [9.17, 15) is 24.0 Å². The molecule has 1 aromatic heterocycles. The summed E-state index contributed by atoms with van der Waals surface area (Å²) < 4.78 is 0. The molecule has 9 N–H and O–H groups in total. The van der Waals surface area contributed by atoms with Crippen LogP contribution in [0.5, 0.6) is 0 Å². The smallest absolute Gasteiger partial charge is 0.246 e. The van der Waals surface area contributed by atoms with Crippen LogP contribution in [0.15, 0.2) is 60.8 Å². The number of primary amides is 1. The van der Waals surface area contributed by atoms with E-state index >= 15 is 0 Å². The number of amides is 5. The van der Waals surface area contributed by atoms with Gasteiger partial charge in [-0.25, -0.2) is 0 Å². The molecule has 42 heavy (non-hydrogen) atoms. The lowest BCUT2D eigenvalue weighted by atomic mass is 10.0. The van der Waals surface area contributed by atoms with Gasteiger partial charge in [0.05, 0.1) is 12.5 Å². The van der Waals surface area contributed by atoms with Gasteiger partial charge in [-0.1, -0.05) is 56.2 Å². The van der Waals surface area contributed by atoms with Gasteiger partial charge < -0.3 is 37.7 Å². The molecule has 2 aromatic carbocycles. The maximum atomic E-state index is 13.3. The molecule has 3 aromatic rings. The van der Waals surface area contributed by atoms with Crippen LogP contribution in [0.1, 0.15) is 45.1 Å². The number of aromatic nitrogens is 1. The van der Waals surface area contributed by atoms with Crippen LogP contribution >= 0.6 is 0 Å². The SMILES string of the molecule is CCCC[C@H](NC(=O)[C@@H](N)Cc1c[nH]c2ccccc12)C(=O)N[C@@H](CC(N)=O)C(=O)N[C@@H](C)C(=O)Nc1ccccc1. The van der Waals surface area contributed by atoms with Gasteiger partial charge in [0.25, 0.3) is 0 Å². The number of fused-ring (bicyclic) bond motifs is 1. The number of hydrogen-bond acceptors (Lipinski definition) is 6. The molecule has 0 spiro atoms. The predicted octanol–water partition coefficient (Wildman–Crippen LogP) is 1.22. The van der Waals surface area contributed by atoms with Gasteiger partial charge in [-0.3, -0.25) is 24.0 Å². The summed E-state index contributed by atoms with van der Waals surface area (Å²) >= 11 is 0. The fourth-order valence-electron chi connectivity index (χ4n) is 4.42. The molecule has 0 bridgehead atoms. The Kier molecular flexibility index (Phi) is 11.6. The Bertz CT molecular complexity index is 1390. The van der Waals surface area contributed by atoms with Gasteiger partial charge in [0.2, 0.25) is 29.5 Å². The lowest BCUT2D eigenvalue weighted by Gasteiger charge is -2.24. The third kappa shape index (κ3) is 9.16. The van der Waals surface area contributed by atoms with Crippen molar-refractivity contribution in [1.82, 2.24) is 20.9 Å². The first-order valence-electron chi connectivity index (χ1n) is 13.9. The highest BCUT2D eigenvalue weighted by molar-refractivity contribution is 5.99. The summed E-state index contributed by atoms with van der Waals surface area (Å²) in [5.41, 5.74) is 13.9. The van der Waals surface area contributed by atoms with Gasteiger partial charge in [0.15, 0.2) is 0 Å². The molecule has 0 unspecified atom stereocenters. The van der Waals surface area contributed by atoms with Crippen LogP contribution in [0.2, 0.25) is 0 Å². The molecule has 0 fully saturated rings. The quantitative estimate of drug-likeness (QED) is 0.141. The molecule has 0 aliphatic heterocycles. The summed E-state index contributed by atoms with van der Waals surface area (Å²) in [4.78, 5) is 66.7. The van der Waals surface area contributed by atoms with Crippen molar-refractivity contribution in [1.29, 1.82) is 0 Å². The molecule has 0 radical (unpaired) electrons. The fraction of sp³-hybridized carbons (Fsp3) is 0.367. The number of unbranched alkanes of at least 4 members (excludes halogenated alkanes) is 1. The standard InChI is InChI=1S/C30H39N7O5/c1-3-4-13-24(36-28(40)22(31)15-19-17-33-23-14-9-8-12-21(19)23)29(41)37-25(16-26(32)38)30(42)34-18(2)27(39)35-20-10-6-5-7-11-20/h5-12,14,17-18,22,24-25,33H,3-4,13,15-16,31H2,1-2H3,(H2,32,38)(H,34,42)(H,35,39)(H,36,40)(H,37,41)/t18-,22-,24-,25-/m0/s1. The van der Waals surface area contributed by atoms with Gasteiger partial charge in [-0.15, -0.1) is 0 Å². The largest absolute Gasteiger partial charge is 0.370 e. The van der Waals surface area contributed by atoms with Gasteiger partial charge in [0.1, 0.15) is 18.1 Å². The van der Waals surface area contributed by atoms with Crippen molar-refractivity contribution in [3.8, 4) is 0 Å². The van der Waals surface area contributed by atoms with Crippen LogP contribution in [0.3, 0.4) is 0 Å². The van der Waals surface area contributed by atoms with E-state index in [0.717, 1.165) is 22.9 Å². The minimum absolute atomic E-state index is 0.244. The second-order valence-corrected chi connectivity index (χ2v) is 10.2. The number of nitrogens with one attached hydrogen (secondary N) is 5. The highest BCUT2D eigenvalue weighted by Crippen LogP contribution is 2.19. The molecule has 12 heteroatoms. The Morgan fingerprint density at radius 2 is 1.48 bits per heavy atom. The minimum Gasteiger partial charge on any atom is -0.370 e. The maximum Gasteiger partial charge on any atom is 0.246 e. The Balaban J connectivity index is 1.64. The number of rotatable bonds is 15. The van der Waals surface area contributed by atoms with Crippen molar-refractivity contribution in [3.63, 3.8) is 0 Å². The number of benzene rings is 2. The highest BCUT2D eigenvalue weighted by atomic mass is 16.2. The zero-order valence-corrected chi connectivity index (χ0v) is 23.8. The first kappa shape index (κ1) is 31.8. The summed E-state index contributed by atoms with van der Waals surface area (Å²) in [6, 6.07) is 12.0. The van der Waals surface area contributed by atoms with Crippen molar-refractivity contribution in [3.05, 3.63) is 66.4 Å². The minimum atomic E-state index is -1.36. The Morgan fingerprint density at radius 3 is 2.17 bits per heavy atom. The normalized spacial score (nSPS) is 13.8. The topological polar surface area (TPSA) is 201 Å². The molecule has 3 rings (SSSR count).